The molecule has 3 aromatic rings. The molecule has 0 aliphatic carbocycles. The van der Waals surface area contributed by atoms with Gasteiger partial charge in [0.15, 0.2) is 6.10 Å². The van der Waals surface area contributed by atoms with E-state index in [9.17, 15) is 13.2 Å². The van der Waals surface area contributed by atoms with Crippen LogP contribution < -0.4 is 19.1 Å². The van der Waals surface area contributed by atoms with Gasteiger partial charge in [0, 0.05) is 0 Å². The highest BCUT2D eigenvalue weighted by Crippen LogP contribution is 2.36. The Morgan fingerprint density at radius 3 is 2.49 bits per heavy atom. The number of carbonyl (C=O) groups excluding carboxylic acids is 1. The fourth-order valence-electron chi connectivity index (χ4n) is 3.90. The van der Waals surface area contributed by atoms with Crippen LogP contribution in [0.4, 0.5) is 5.69 Å². The topological polar surface area (TPSA) is 84.9 Å². The standard InChI is InChI=1S/C27H30N2O5S/c1-3-6-21-11-13-22(14-12-21)33-18-17-28-27(30)26-19-29(24-7-4-5-8-25(24)34-26)35(31,32)23-15-9-20(2)10-16-23/h4-5,7-16,26H,3,6,17-19H2,1-2H3,(H,28,30)/t26-/m1/s1. The monoisotopic (exact) mass is 494 g/mol. The molecule has 0 aromatic heterocycles. The van der Waals surface area contributed by atoms with E-state index in [0.29, 0.717) is 11.4 Å². The van der Waals surface area contributed by atoms with E-state index >= 15 is 0 Å². The first-order valence-corrected chi connectivity index (χ1v) is 13.2. The summed E-state index contributed by atoms with van der Waals surface area (Å²) >= 11 is 0. The van der Waals surface area contributed by atoms with Gasteiger partial charge in [-0.2, -0.15) is 0 Å². The van der Waals surface area contributed by atoms with Gasteiger partial charge in [0.05, 0.1) is 23.7 Å². The van der Waals surface area contributed by atoms with Gasteiger partial charge in [-0.1, -0.05) is 55.3 Å². The number of para-hydroxylation sites is 2. The lowest BCUT2D eigenvalue weighted by molar-refractivity contribution is -0.127. The molecule has 0 saturated carbocycles. The molecule has 7 nitrogen and oxygen atoms in total. The fourth-order valence-corrected chi connectivity index (χ4v) is 5.38. The van der Waals surface area contributed by atoms with Crippen molar-refractivity contribution in [2.45, 2.75) is 37.7 Å². The second-order valence-electron chi connectivity index (χ2n) is 8.46. The summed E-state index contributed by atoms with van der Waals surface area (Å²) in [6.45, 7) is 4.46. The molecule has 3 aromatic carbocycles. The van der Waals surface area contributed by atoms with Crippen molar-refractivity contribution >= 4 is 21.6 Å². The molecule has 1 heterocycles. The van der Waals surface area contributed by atoms with Gasteiger partial charge in [0.25, 0.3) is 15.9 Å². The van der Waals surface area contributed by atoms with Gasteiger partial charge in [0.2, 0.25) is 0 Å². The Morgan fingerprint density at radius 2 is 1.77 bits per heavy atom. The predicted molar refractivity (Wildman–Crippen MR) is 136 cm³/mol. The Labute approximate surface area is 206 Å². The molecule has 0 bridgehead atoms. The number of amides is 1. The van der Waals surface area contributed by atoms with Crippen molar-refractivity contribution < 1.29 is 22.7 Å². The normalized spacial score (nSPS) is 15.1. The molecule has 0 fully saturated rings. The molecular formula is C27H30N2O5S. The number of anilines is 1. The third-order valence-corrected chi connectivity index (χ3v) is 7.56. The predicted octanol–water partition coefficient (Wildman–Crippen LogP) is 4.10. The first kappa shape index (κ1) is 24.6. The average Bonchev–Trinajstić information content (AvgIpc) is 2.87. The molecule has 1 aliphatic rings. The Balaban J connectivity index is 1.41. The molecule has 4 rings (SSSR count). The van der Waals surface area contributed by atoms with Crippen LogP contribution in [0.25, 0.3) is 0 Å². The lowest BCUT2D eigenvalue weighted by atomic mass is 10.1. The third kappa shape index (κ3) is 5.77. The van der Waals surface area contributed by atoms with Crippen molar-refractivity contribution in [2.75, 3.05) is 24.0 Å². The number of nitrogens with one attached hydrogen (secondary N) is 1. The molecule has 1 aliphatic heterocycles. The molecule has 0 spiro atoms. The van der Waals surface area contributed by atoms with Gasteiger partial charge >= 0.3 is 0 Å². The minimum atomic E-state index is -3.88. The minimum absolute atomic E-state index is 0.126. The van der Waals surface area contributed by atoms with Crippen LogP contribution in [0.1, 0.15) is 24.5 Å². The number of ether oxygens (including phenoxy) is 2. The number of hydrogen-bond acceptors (Lipinski definition) is 5. The first-order valence-electron chi connectivity index (χ1n) is 11.7. The van der Waals surface area contributed by atoms with E-state index in [1.807, 2.05) is 31.2 Å². The summed E-state index contributed by atoms with van der Waals surface area (Å²) in [6.07, 6.45) is 1.12. The number of rotatable bonds is 9. The fraction of sp³-hybridized carbons (Fsp3) is 0.296. The zero-order valence-corrected chi connectivity index (χ0v) is 20.8. The second-order valence-corrected chi connectivity index (χ2v) is 10.3. The summed E-state index contributed by atoms with van der Waals surface area (Å²) in [6, 6.07) is 21.4. The number of fused-ring (bicyclic) bond motifs is 1. The van der Waals surface area contributed by atoms with Gasteiger partial charge in [-0.25, -0.2) is 8.42 Å². The first-order chi connectivity index (χ1) is 16.9. The molecule has 1 N–H and O–H groups in total. The van der Waals surface area contributed by atoms with Gasteiger partial charge in [-0.3, -0.25) is 9.10 Å². The van der Waals surface area contributed by atoms with Gasteiger partial charge in [-0.15, -0.1) is 0 Å². The lowest BCUT2D eigenvalue weighted by Gasteiger charge is -2.34. The number of aryl methyl sites for hydroxylation is 2. The van der Waals surface area contributed by atoms with Crippen molar-refractivity contribution in [1.29, 1.82) is 0 Å². The van der Waals surface area contributed by atoms with Crippen LogP contribution in [-0.2, 0) is 21.2 Å². The number of nitrogens with zero attached hydrogens (tertiary/aromatic N) is 1. The highest BCUT2D eigenvalue weighted by molar-refractivity contribution is 7.92. The zero-order valence-electron chi connectivity index (χ0n) is 19.9. The van der Waals surface area contributed by atoms with E-state index < -0.39 is 22.0 Å². The highest BCUT2D eigenvalue weighted by Gasteiger charge is 2.37. The van der Waals surface area contributed by atoms with E-state index in [-0.39, 0.29) is 24.6 Å². The Hall–Kier alpha value is -3.52. The van der Waals surface area contributed by atoms with Crippen LogP contribution in [0, 0.1) is 6.92 Å². The van der Waals surface area contributed by atoms with Crippen LogP contribution in [0.3, 0.4) is 0 Å². The largest absolute Gasteiger partial charge is 0.492 e. The van der Waals surface area contributed by atoms with Crippen molar-refractivity contribution in [3.8, 4) is 11.5 Å². The molecule has 1 atom stereocenters. The quantitative estimate of drug-likeness (QED) is 0.453. The smallest absolute Gasteiger partial charge is 0.264 e. The van der Waals surface area contributed by atoms with Crippen molar-refractivity contribution in [3.05, 3.63) is 83.9 Å². The summed E-state index contributed by atoms with van der Waals surface area (Å²) in [4.78, 5) is 13.0. The molecule has 184 valence electrons. The summed E-state index contributed by atoms with van der Waals surface area (Å²) in [5.74, 6) is 0.681. The van der Waals surface area contributed by atoms with Gasteiger partial charge in [0.1, 0.15) is 18.1 Å². The van der Waals surface area contributed by atoms with E-state index in [2.05, 4.69) is 12.2 Å². The maximum atomic E-state index is 13.4. The van der Waals surface area contributed by atoms with Crippen LogP contribution in [-0.4, -0.2) is 40.1 Å². The Kier molecular flexibility index (Phi) is 7.60. The molecule has 0 unspecified atom stereocenters. The van der Waals surface area contributed by atoms with E-state index in [1.54, 1.807) is 48.5 Å². The Morgan fingerprint density at radius 1 is 1.06 bits per heavy atom. The van der Waals surface area contributed by atoms with Crippen LogP contribution in [0.5, 0.6) is 11.5 Å². The maximum absolute atomic E-state index is 13.4. The molecule has 1 amide bonds. The molecule has 0 saturated heterocycles. The summed E-state index contributed by atoms with van der Waals surface area (Å²) in [5.41, 5.74) is 2.63. The summed E-state index contributed by atoms with van der Waals surface area (Å²) in [5, 5.41) is 2.79. The molecule has 35 heavy (non-hydrogen) atoms. The summed E-state index contributed by atoms with van der Waals surface area (Å²) < 4.78 is 39.7. The van der Waals surface area contributed by atoms with Crippen molar-refractivity contribution in [2.24, 2.45) is 0 Å². The van der Waals surface area contributed by atoms with Crippen molar-refractivity contribution in [3.63, 3.8) is 0 Å². The minimum Gasteiger partial charge on any atom is -0.492 e. The average molecular weight is 495 g/mol. The van der Waals surface area contributed by atoms with Crippen LogP contribution in [0.15, 0.2) is 77.7 Å². The Bertz CT molecular complexity index is 1260. The number of sulfonamides is 1. The van der Waals surface area contributed by atoms with E-state index in [4.69, 9.17) is 9.47 Å². The highest BCUT2D eigenvalue weighted by atomic mass is 32.2. The number of hydrogen-bond donors (Lipinski definition) is 1. The second kappa shape index (κ2) is 10.8. The maximum Gasteiger partial charge on any atom is 0.264 e. The molecular weight excluding hydrogens is 464 g/mol. The summed E-state index contributed by atoms with van der Waals surface area (Å²) in [7, 11) is -3.88. The van der Waals surface area contributed by atoms with Crippen LogP contribution >= 0.6 is 0 Å². The molecule has 0 radical (unpaired) electrons. The van der Waals surface area contributed by atoms with Crippen molar-refractivity contribution in [1.82, 2.24) is 5.32 Å². The zero-order chi connectivity index (χ0) is 24.8. The molecule has 8 heteroatoms. The number of benzene rings is 3. The van der Waals surface area contributed by atoms with Gasteiger partial charge in [-0.05, 0) is 55.3 Å². The van der Waals surface area contributed by atoms with E-state index in [0.717, 1.165) is 24.2 Å². The van der Waals surface area contributed by atoms with Crippen LogP contribution in [0.2, 0.25) is 0 Å². The lowest BCUT2D eigenvalue weighted by Crippen LogP contribution is -2.51. The van der Waals surface area contributed by atoms with E-state index in [1.165, 1.54) is 9.87 Å². The van der Waals surface area contributed by atoms with Gasteiger partial charge < -0.3 is 14.8 Å². The third-order valence-electron chi connectivity index (χ3n) is 5.77. The SMILES string of the molecule is CCCc1ccc(OCCNC(=O)[C@H]2CN(S(=O)(=O)c3ccc(C)cc3)c3ccccc3O2)cc1. The number of carbonyl (C=O) groups is 1.